The van der Waals surface area contributed by atoms with Gasteiger partial charge in [-0.05, 0) is 30.2 Å². The normalized spacial score (nSPS) is 9.93. The molecule has 0 spiro atoms. The highest BCUT2D eigenvalue weighted by molar-refractivity contribution is 9.10. The highest BCUT2D eigenvalue weighted by atomic mass is 79.9. The molecule has 1 nitrogen and oxygen atoms in total. The lowest BCUT2D eigenvalue weighted by molar-refractivity contribution is -0.114. The molecule has 0 bridgehead atoms. The average molecular weight is 257 g/mol. The molecule has 0 unspecified atom stereocenters. The summed E-state index contributed by atoms with van der Waals surface area (Å²) < 4.78 is 13.9. The smallest absolute Gasteiger partial charge is 0.162 e. The number of halogens is 2. The van der Waals surface area contributed by atoms with E-state index in [9.17, 15) is 9.18 Å². The minimum absolute atomic E-state index is 0.0778. The number of Topliss-reactive ketones (excluding diaryl/α,β-unsaturated/α-hetero) is 1. The number of carbonyl (C=O) groups is 1. The monoisotopic (exact) mass is 256 g/mol. The second-order valence-electron chi connectivity index (χ2n) is 3.12. The molecule has 14 heavy (non-hydrogen) atoms. The van der Waals surface area contributed by atoms with Gasteiger partial charge in [-0.1, -0.05) is 28.6 Å². The summed E-state index contributed by atoms with van der Waals surface area (Å²) in [6, 6.07) is 4.66. The SMILES string of the molecule is C=C(C)C(=O)Cc1ccc(Br)cc1F. The molecule has 0 fully saturated rings. The van der Waals surface area contributed by atoms with Crippen LogP contribution in [0.15, 0.2) is 34.8 Å². The van der Waals surface area contributed by atoms with E-state index in [0.717, 1.165) is 0 Å². The van der Waals surface area contributed by atoms with Crippen LogP contribution in [-0.2, 0) is 11.2 Å². The maximum Gasteiger partial charge on any atom is 0.162 e. The largest absolute Gasteiger partial charge is 0.294 e. The molecule has 1 rings (SSSR count). The molecule has 1 aromatic rings. The summed E-state index contributed by atoms with van der Waals surface area (Å²) in [6.07, 6.45) is 0.0778. The fourth-order valence-corrected chi connectivity index (χ4v) is 1.32. The molecule has 0 atom stereocenters. The van der Waals surface area contributed by atoms with E-state index in [2.05, 4.69) is 22.5 Å². The second kappa shape index (κ2) is 4.51. The lowest BCUT2D eigenvalue weighted by Crippen LogP contribution is -2.04. The van der Waals surface area contributed by atoms with Crippen molar-refractivity contribution in [3.8, 4) is 0 Å². The zero-order valence-electron chi connectivity index (χ0n) is 7.81. The van der Waals surface area contributed by atoms with E-state index >= 15 is 0 Å². The minimum atomic E-state index is -0.367. The van der Waals surface area contributed by atoms with Crippen molar-refractivity contribution in [2.24, 2.45) is 0 Å². The van der Waals surface area contributed by atoms with E-state index in [0.29, 0.717) is 15.6 Å². The van der Waals surface area contributed by atoms with Gasteiger partial charge in [0.2, 0.25) is 0 Å². The molecule has 0 aliphatic heterocycles. The first kappa shape index (κ1) is 11.1. The van der Waals surface area contributed by atoms with Crippen LogP contribution in [0, 0.1) is 5.82 Å². The van der Waals surface area contributed by atoms with E-state index in [1.165, 1.54) is 6.07 Å². The third-order valence-corrected chi connectivity index (χ3v) is 2.34. The van der Waals surface area contributed by atoms with Gasteiger partial charge in [-0.15, -0.1) is 0 Å². The summed E-state index contributed by atoms with van der Waals surface area (Å²) in [6.45, 7) is 5.14. The Balaban J connectivity index is 2.87. The lowest BCUT2D eigenvalue weighted by Gasteiger charge is -2.02. The Labute approximate surface area is 90.8 Å². The first-order valence-electron chi connectivity index (χ1n) is 4.13. The molecular weight excluding hydrogens is 247 g/mol. The van der Waals surface area contributed by atoms with Crippen molar-refractivity contribution in [2.75, 3.05) is 0 Å². The summed E-state index contributed by atoms with van der Waals surface area (Å²) in [5.41, 5.74) is 0.855. The van der Waals surface area contributed by atoms with Gasteiger partial charge in [0.25, 0.3) is 0 Å². The van der Waals surface area contributed by atoms with Crippen LogP contribution in [0.3, 0.4) is 0 Å². The maximum absolute atomic E-state index is 13.3. The second-order valence-corrected chi connectivity index (χ2v) is 4.03. The molecule has 0 amide bonds. The Hall–Kier alpha value is -0.960. The number of allylic oxidation sites excluding steroid dienone is 1. The number of carbonyl (C=O) groups excluding carboxylic acids is 1. The number of ketones is 1. The van der Waals surface area contributed by atoms with Gasteiger partial charge in [-0.3, -0.25) is 4.79 Å². The van der Waals surface area contributed by atoms with Crippen LogP contribution in [0.25, 0.3) is 0 Å². The molecule has 0 heterocycles. The molecule has 0 saturated carbocycles. The summed E-state index contributed by atoms with van der Waals surface area (Å²) >= 11 is 3.15. The van der Waals surface area contributed by atoms with E-state index in [-0.39, 0.29) is 18.0 Å². The zero-order valence-corrected chi connectivity index (χ0v) is 9.40. The van der Waals surface area contributed by atoms with Gasteiger partial charge >= 0.3 is 0 Å². The molecule has 0 N–H and O–H groups in total. The molecule has 1 aromatic carbocycles. The predicted octanol–water partition coefficient (Wildman–Crippen LogP) is 3.28. The average Bonchev–Trinajstić information content (AvgIpc) is 2.09. The summed E-state index contributed by atoms with van der Waals surface area (Å²) in [5.74, 6) is -0.500. The fraction of sp³-hybridized carbons (Fsp3) is 0.182. The van der Waals surface area contributed by atoms with Crippen molar-refractivity contribution in [1.29, 1.82) is 0 Å². The molecule has 0 radical (unpaired) electrons. The van der Waals surface area contributed by atoms with Gasteiger partial charge in [-0.25, -0.2) is 4.39 Å². The lowest BCUT2D eigenvalue weighted by atomic mass is 10.1. The number of hydrogen-bond acceptors (Lipinski definition) is 1. The molecule has 0 aliphatic rings. The van der Waals surface area contributed by atoms with E-state index < -0.39 is 0 Å². The third kappa shape index (κ3) is 2.77. The predicted molar refractivity (Wildman–Crippen MR) is 57.6 cm³/mol. The Morgan fingerprint density at radius 1 is 1.57 bits per heavy atom. The van der Waals surface area contributed by atoms with Crippen molar-refractivity contribution >= 4 is 21.7 Å². The molecular formula is C11H10BrFO. The zero-order chi connectivity index (χ0) is 10.7. The maximum atomic E-state index is 13.3. The molecule has 74 valence electrons. The molecule has 0 aliphatic carbocycles. The van der Waals surface area contributed by atoms with Crippen molar-refractivity contribution in [3.05, 3.63) is 46.2 Å². The topological polar surface area (TPSA) is 17.1 Å². The Kier molecular flexibility index (Phi) is 3.58. The Morgan fingerprint density at radius 2 is 2.21 bits per heavy atom. The highest BCUT2D eigenvalue weighted by Gasteiger charge is 2.08. The minimum Gasteiger partial charge on any atom is -0.294 e. The van der Waals surface area contributed by atoms with Gasteiger partial charge in [0, 0.05) is 10.9 Å². The van der Waals surface area contributed by atoms with Crippen LogP contribution < -0.4 is 0 Å². The van der Waals surface area contributed by atoms with E-state index in [1.54, 1.807) is 19.1 Å². The van der Waals surface area contributed by atoms with Gasteiger partial charge in [-0.2, -0.15) is 0 Å². The Bertz CT molecular complexity index is 385. The van der Waals surface area contributed by atoms with Crippen LogP contribution in [-0.4, -0.2) is 5.78 Å². The van der Waals surface area contributed by atoms with Crippen LogP contribution in [0.5, 0.6) is 0 Å². The Morgan fingerprint density at radius 3 is 2.71 bits per heavy atom. The van der Waals surface area contributed by atoms with E-state index in [4.69, 9.17) is 0 Å². The summed E-state index contributed by atoms with van der Waals surface area (Å²) in [5, 5.41) is 0. The standard InChI is InChI=1S/C11H10BrFO/c1-7(2)11(14)5-8-3-4-9(12)6-10(8)13/h3-4,6H,1,5H2,2H3. The highest BCUT2D eigenvalue weighted by Crippen LogP contribution is 2.16. The molecule has 3 heteroatoms. The summed E-state index contributed by atoms with van der Waals surface area (Å²) in [7, 11) is 0. The molecule has 0 saturated heterocycles. The van der Waals surface area contributed by atoms with Crippen molar-refractivity contribution in [2.45, 2.75) is 13.3 Å². The van der Waals surface area contributed by atoms with Gasteiger partial charge in [0.15, 0.2) is 5.78 Å². The number of hydrogen-bond donors (Lipinski definition) is 0. The van der Waals surface area contributed by atoms with Crippen molar-refractivity contribution in [3.63, 3.8) is 0 Å². The number of rotatable bonds is 3. The van der Waals surface area contributed by atoms with Crippen LogP contribution in [0.1, 0.15) is 12.5 Å². The van der Waals surface area contributed by atoms with Gasteiger partial charge in [0.1, 0.15) is 5.82 Å². The quantitative estimate of drug-likeness (QED) is 0.759. The van der Waals surface area contributed by atoms with Crippen LogP contribution in [0.4, 0.5) is 4.39 Å². The summed E-state index contributed by atoms with van der Waals surface area (Å²) in [4.78, 5) is 11.3. The number of benzene rings is 1. The van der Waals surface area contributed by atoms with Crippen molar-refractivity contribution < 1.29 is 9.18 Å². The molecule has 0 aromatic heterocycles. The van der Waals surface area contributed by atoms with Gasteiger partial charge in [0.05, 0.1) is 0 Å². The van der Waals surface area contributed by atoms with E-state index in [1.807, 2.05) is 0 Å². The van der Waals surface area contributed by atoms with Crippen molar-refractivity contribution in [1.82, 2.24) is 0 Å². The van der Waals surface area contributed by atoms with Crippen LogP contribution >= 0.6 is 15.9 Å². The fourth-order valence-electron chi connectivity index (χ4n) is 0.989. The first-order valence-corrected chi connectivity index (χ1v) is 4.92. The third-order valence-electron chi connectivity index (χ3n) is 1.84. The first-order chi connectivity index (χ1) is 6.50. The van der Waals surface area contributed by atoms with Crippen LogP contribution in [0.2, 0.25) is 0 Å². The van der Waals surface area contributed by atoms with Gasteiger partial charge < -0.3 is 0 Å².